The molecule has 1 fully saturated rings. The maximum absolute atomic E-state index is 13.1. The Morgan fingerprint density at radius 1 is 1.17 bits per heavy atom. The molecule has 188 valence electrons. The summed E-state index contributed by atoms with van der Waals surface area (Å²) in [5.74, 6) is 0.347. The van der Waals surface area contributed by atoms with Crippen molar-refractivity contribution in [1.82, 2.24) is 9.62 Å². The molecular formula is C25H31ClN4O4S. The third kappa shape index (κ3) is 5.86. The minimum atomic E-state index is -3.47. The van der Waals surface area contributed by atoms with Crippen molar-refractivity contribution in [3.8, 4) is 0 Å². The van der Waals surface area contributed by atoms with Gasteiger partial charge >= 0.3 is 0 Å². The molecule has 1 amide bonds. The lowest BCUT2D eigenvalue weighted by atomic mass is 9.89. The number of halogens is 1. The second kappa shape index (κ2) is 10.7. The van der Waals surface area contributed by atoms with Crippen LogP contribution in [0.4, 0.5) is 5.69 Å². The van der Waals surface area contributed by atoms with Crippen LogP contribution < -0.4 is 10.6 Å². The van der Waals surface area contributed by atoms with Crippen LogP contribution in [0.5, 0.6) is 0 Å². The predicted molar refractivity (Wildman–Crippen MR) is 139 cm³/mol. The summed E-state index contributed by atoms with van der Waals surface area (Å²) in [6.07, 6.45) is 1.79. The van der Waals surface area contributed by atoms with Gasteiger partial charge in [-0.2, -0.15) is 0 Å². The highest BCUT2D eigenvalue weighted by Gasteiger charge is 2.47. The van der Waals surface area contributed by atoms with Gasteiger partial charge in [0.15, 0.2) is 0 Å². The van der Waals surface area contributed by atoms with Gasteiger partial charge in [-0.3, -0.25) is 9.79 Å². The number of aliphatic hydroxyl groups excluding tert-OH is 1. The molecule has 0 saturated carbocycles. The Hall–Kier alpha value is -2.46. The van der Waals surface area contributed by atoms with Gasteiger partial charge in [-0.15, -0.1) is 0 Å². The molecular weight excluding hydrogens is 488 g/mol. The second-order valence-electron chi connectivity index (χ2n) is 9.06. The van der Waals surface area contributed by atoms with Crippen LogP contribution in [0, 0.1) is 6.92 Å². The fourth-order valence-electron chi connectivity index (χ4n) is 4.50. The summed E-state index contributed by atoms with van der Waals surface area (Å²) in [5, 5.41) is 15.6. The molecule has 2 aliphatic heterocycles. The Morgan fingerprint density at radius 3 is 2.54 bits per heavy atom. The number of amidine groups is 1. The molecule has 2 heterocycles. The normalized spacial score (nSPS) is 17.9. The average Bonchev–Trinajstić information content (AvgIpc) is 3.15. The summed E-state index contributed by atoms with van der Waals surface area (Å²) in [7, 11) is -3.47. The van der Waals surface area contributed by atoms with Gasteiger partial charge in [0, 0.05) is 42.5 Å². The van der Waals surface area contributed by atoms with E-state index in [1.165, 1.54) is 4.31 Å². The molecule has 2 aromatic carbocycles. The van der Waals surface area contributed by atoms with Gasteiger partial charge < -0.3 is 15.7 Å². The fourth-order valence-corrected chi connectivity index (χ4v) is 6.10. The number of nitrogens with one attached hydrogen (secondary N) is 2. The van der Waals surface area contributed by atoms with E-state index in [0.717, 1.165) is 22.4 Å². The van der Waals surface area contributed by atoms with Crippen LogP contribution in [0.3, 0.4) is 0 Å². The highest BCUT2D eigenvalue weighted by atomic mass is 35.5. The van der Waals surface area contributed by atoms with Crippen LogP contribution in [0.25, 0.3) is 0 Å². The van der Waals surface area contributed by atoms with Gasteiger partial charge in [0.05, 0.1) is 5.75 Å². The number of nitrogens with zero attached hydrogens (tertiary/aromatic N) is 2. The molecule has 0 bridgehead atoms. The zero-order valence-electron chi connectivity index (χ0n) is 19.8. The van der Waals surface area contributed by atoms with Gasteiger partial charge in [-0.25, -0.2) is 12.7 Å². The van der Waals surface area contributed by atoms with Crippen LogP contribution in [0.1, 0.15) is 36.0 Å². The van der Waals surface area contributed by atoms with Gasteiger partial charge in [0.2, 0.25) is 10.0 Å². The first kappa shape index (κ1) is 25.6. The van der Waals surface area contributed by atoms with Crippen LogP contribution >= 0.6 is 11.6 Å². The number of hydrogen-bond acceptors (Lipinski definition) is 6. The highest BCUT2D eigenvalue weighted by Crippen LogP contribution is 2.32. The van der Waals surface area contributed by atoms with Crippen LogP contribution in [0.15, 0.2) is 47.5 Å². The first-order chi connectivity index (χ1) is 16.7. The zero-order chi connectivity index (χ0) is 25.1. The summed E-state index contributed by atoms with van der Waals surface area (Å²) >= 11 is 5.95. The van der Waals surface area contributed by atoms with Crippen molar-refractivity contribution in [2.45, 2.75) is 38.1 Å². The molecule has 2 aromatic rings. The topological polar surface area (TPSA) is 111 Å². The van der Waals surface area contributed by atoms with E-state index in [0.29, 0.717) is 43.1 Å². The van der Waals surface area contributed by atoms with Crippen molar-refractivity contribution < 1.29 is 18.3 Å². The third-order valence-electron chi connectivity index (χ3n) is 6.68. The molecule has 35 heavy (non-hydrogen) atoms. The van der Waals surface area contributed by atoms with E-state index >= 15 is 0 Å². The van der Waals surface area contributed by atoms with Crippen molar-refractivity contribution in [3.05, 3.63) is 64.2 Å². The van der Waals surface area contributed by atoms with E-state index in [9.17, 15) is 13.2 Å². The monoisotopic (exact) mass is 518 g/mol. The maximum atomic E-state index is 13.1. The second-order valence-corrected chi connectivity index (χ2v) is 11.6. The summed E-state index contributed by atoms with van der Waals surface area (Å²) in [5.41, 5.74) is 2.83. The summed E-state index contributed by atoms with van der Waals surface area (Å²) in [6, 6.07) is 13.0. The van der Waals surface area contributed by atoms with E-state index < -0.39 is 15.6 Å². The highest BCUT2D eigenvalue weighted by molar-refractivity contribution is 7.89. The van der Waals surface area contributed by atoms with Crippen molar-refractivity contribution in [2.24, 2.45) is 4.99 Å². The molecule has 3 N–H and O–H groups in total. The smallest absolute Gasteiger partial charge is 0.253 e. The molecule has 0 aliphatic carbocycles. The lowest BCUT2D eigenvalue weighted by Gasteiger charge is -2.34. The Morgan fingerprint density at radius 2 is 1.89 bits per heavy atom. The molecule has 1 spiro atoms. The average molecular weight is 519 g/mol. The predicted octanol–water partition coefficient (Wildman–Crippen LogP) is 2.73. The number of benzene rings is 2. The number of aliphatic hydroxyl groups is 1. The molecule has 0 radical (unpaired) electrons. The number of sulfonamides is 1. The number of anilines is 1. The Labute approximate surface area is 211 Å². The van der Waals surface area contributed by atoms with Crippen molar-refractivity contribution in [3.63, 3.8) is 0 Å². The molecule has 4 rings (SSSR count). The van der Waals surface area contributed by atoms with Gasteiger partial charge in [-0.05, 0) is 80.1 Å². The summed E-state index contributed by atoms with van der Waals surface area (Å²) < 4.78 is 27.6. The Kier molecular flexibility index (Phi) is 7.80. The number of hydrogen-bond donors (Lipinski definition) is 3. The Balaban J connectivity index is 1.36. The molecule has 0 aromatic heterocycles. The molecule has 8 nitrogen and oxygen atoms in total. The standard InChI is InChI=1S/C25H31ClN4O4S/c1-18-17-22(27-12-2-15-31)8-5-19(18)9-16-35(33,34)30-13-10-25(11-14-30)24(32)28-23(29-25)20-3-6-21(26)7-4-20/h3-8,17,27,31H,2,9-16H2,1H3,(H,28,29,32). The van der Waals surface area contributed by atoms with E-state index in [1.807, 2.05) is 25.1 Å². The molecule has 1 saturated heterocycles. The third-order valence-corrected chi connectivity index (χ3v) is 8.80. The van der Waals surface area contributed by atoms with E-state index in [1.54, 1.807) is 24.3 Å². The van der Waals surface area contributed by atoms with Gasteiger partial charge in [0.25, 0.3) is 5.91 Å². The molecule has 0 atom stereocenters. The van der Waals surface area contributed by atoms with Gasteiger partial charge in [-0.1, -0.05) is 17.7 Å². The molecule has 2 aliphatic rings. The number of carbonyl (C=O) groups is 1. The SMILES string of the molecule is Cc1cc(NCCCO)ccc1CCS(=O)(=O)N1CCC2(CC1)N=C(c1ccc(Cl)cc1)NC2=O. The number of carbonyl (C=O) groups excluding carboxylic acids is 1. The number of amides is 1. The van der Waals surface area contributed by atoms with Gasteiger partial charge in [0.1, 0.15) is 11.4 Å². The van der Waals surface area contributed by atoms with Crippen LogP contribution in [-0.2, 0) is 21.2 Å². The fraction of sp³-hybridized carbons (Fsp3) is 0.440. The quantitative estimate of drug-likeness (QED) is 0.442. The van der Waals surface area contributed by atoms with E-state index in [2.05, 4.69) is 15.6 Å². The summed E-state index contributed by atoms with van der Waals surface area (Å²) in [4.78, 5) is 17.5. The van der Waals surface area contributed by atoms with Crippen LogP contribution in [-0.4, -0.2) is 67.1 Å². The lowest BCUT2D eigenvalue weighted by molar-refractivity contribution is -0.124. The zero-order valence-corrected chi connectivity index (χ0v) is 21.3. The van der Waals surface area contributed by atoms with Crippen molar-refractivity contribution in [2.75, 3.05) is 37.3 Å². The Bertz CT molecular complexity index is 1210. The first-order valence-corrected chi connectivity index (χ1v) is 13.8. The maximum Gasteiger partial charge on any atom is 0.253 e. The minimum absolute atomic E-state index is 0.0175. The first-order valence-electron chi connectivity index (χ1n) is 11.8. The van der Waals surface area contributed by atoms with Crippen molar-refractivity contribution >= 4 is 39.1 Å². The van der Waals surface area contributed by atoms with Crippen molar-refractivity contribution in [1.29, 1.82) is 0 Å². The number of aryl methyl sites for hydroxylation is 2. The molecule has 0 unspecified atom stereocenters. The lowest BCUT2D eigenvalue weighted by Crippen LogP contribution is -2.50. The van der Waals surface area contributed by atoms with E-state index in [-0.39, 0.29) is 31.4 Å². The number of aliphatic imine (C=N–C) groups is 1. The molecule has 10 heteroatoms. The summed E-state index contributed by atoms with van der Waals surface area (Å²) in [6.45, 7) is 3.32. The van der Waals surface area contributed by atoms with Crippen LogP contribution in [0.2, 0.25) is 5.02 Å². The number of rotatable bonds is 9. The number of piperidine rings is 1. The van der Waals surface area contributed by atoms with E-state index in [4.69, 9.17) is 16.7 Å². The minimum Gasteiger partial charge on any atom is -0.396 e. The largest absolute Gasteiger partial charge is 0.396 e.